The first-order valence-corrected chi connectivity index (χ1v) is 10.1. The van der Waals surface area contributed by atoms with Gasteiger partial charge in [0.1, 0.15) is 17.9 Å². The Hall–Kier alpha value is -3.63. The van der Waals surface area contributed by atoms with Crippen LogP contribution in [0.2, 0.25) is 0 Å². The lowest BCUT2D eigenvalue weighted by Gasteiger charge is -2.19. The Bertz CT molecular complexity index is 1130. The number of anilines is 1. The second kappa shape index (κ2) is 9.88. The summed E-state index contributed by atoms with van der Waals surface area (Å²) in [5.41, 5.74) is 2.25. The zero-order valence-corrected chi connectivity index (χ0v) is 18.7. The van der Waals surface area contributed by atoms with E-state index in [1.807, 2.05) is 6.92 Å². The predicted octanol–water partition coefficient (Wildman–Crippen LogP) is 4.28. The molecule has 0 unspecified atom stereocenters. The van der Waals surface area contributed by atoms with Gasteiger partial charge in [-0.1, -0.05) is 6.92 Å². The highest BCUT2D eigenvalue weighted by atomic mass is 19.4. The quantitative estimate of drug-likeness (QED) is 0.496. The fourth-order valence-electron chi connectivity index (χ4n) is 3.11. The average Bonchev–Trinajstić information content (AvgIpc) is 3.23. The lowest BCUT2D eigenvalue weighted by Crippen LogP contribution is -2.28. The Morgan fingerprint density at radius 1 is 1.21 bits per heavy atom. The Balaban J connectivity index is 1.97. The molecule has 33 heavy (non-hydrogen) atoms. The molecular formula is C22H24F3N5O3. The second-order valence-corrected chi connectivity index (χ2v) is 7.34. The highest BCUT2D eigenvalue weighted by Crippen LogP contribution is 2.30. The topological polar surface area (TPSA) is 82.4 Å². The van der Waals surface area contributed by atoms with Crippen LogP contribution in [0.25, 0.3) is 11.3 Å². The van der Waals surface area contributed by atoms with Crippen molar-refractivity contribution >= 4 is 11.6 Å². The van der Waals surface area contributed by atoms with Gasteiger partial charge in [-0.2, -0.15) is 18.3 Å². The van der Waals surface area contributed by atoms with Crippen LogP contribution in [0.1, 0.15) is 29.3 Å². The van der Waals surface area contributed by atoms with Crippen molar-refractivity contribution in [2.24, 2.45) is 0 Å². The number of aryl methyl sites for hydroxylation is 1. The highest BCUT2D eigenvalue weighted by Gasteiger charge is 2.29. The van der Waals surface area contributed by atoms with Gasteiger partial charge in [-0.05, 0) is 31.0 Å². The zero-order chi connectivity index (χ0) is 24.2. The van der Waals surface area contributed by atoms with E-state index in [1.54, 1.807) is 31.5 Å². The fraction of sp³-hybridized carbons (Fsp3) is 0.364. The number of hydrogen-bond donors (Lipinski definition) is 0. The van der Waals surface area contributed by atoms with Crippen LogP contribution in [0.5, 0.6) is 11.6 Å². The molecule has 3 rings (SSSR count). The second-order valence-electron chi connectivity index (χ2n) is 7.34. The number of halogens is 3. The minimum Gasteiger partial charge on any atom is -0.495 e. The number of ether oxygens (including phenoxy) is 2. The van der Waals surface area contributed by atoms with Gasteiger partial charge < -0.3 is 14.4 Å². The maximum Gasteiger partial charge on any atom is 0.408 e. The fourth-order valence-corrected chi connectivity index (χ4v) is 3.11. The molecule has 0 saturated carbocycles. The Morgan fingerprint density at radius 3 is 2.64 bits per heavy atom. The van der Waals surface area contributed by atoms with Gasteiger partial charge in [0.25, 0.3) is 5.91 Å². The van der Waals surface area contributed by atoms with Crippen LogP contribution in [-0.4, -0.2) is 52.6 Å². The van der Waals surface area contributed by atoms with Crippen LogP contribution in [0.4, 0.5) is 18.9 Å². The van der Waals surface area contributed by atoms with E-state index in [2.05, 4.69) is 15.1 Å². The lowest BCUT2D eigenvalue weighted by molar-refractivity contribution is -0.142. The summed E-state index contributed by atoms with van der Waals surface area (Å²) < 4.78 is 49.7. The molecule has 0 aromatic carbocycles. The Labute approximate surface area is 189 Å². The maximum atomic E-state index is 13.3. The zero-order valence-electron chi connectivity index (χ0n) is 18.7. The van der Waals surface area contributed by atoms with Gasteiger partial charge in [0.05, 0.1) is 37.5 Å². The number of methoxy groups -OCH3 is 1. The van der Waals surface area contributed by atoms with Crippen molar-refractivity contribution in [1.82, 2.24) is 19.7 Å². The van der Waals surface area contributed by atoms with Crippen LogP contribution in [0.15, 0.2) is 36.9 Å². The van der Waals surface area contributed by atoms with Gasteiger partial charge in [-0.15, -0.1) is 0 Å². The number of carbonyl (C=O) groups excluding carboxylic acids is 1. The standard InChI is InChI=1S/C22H24F3N5O3/c1-5-6-33-20-19(14(2)7-18(28-20)15-8-17(32-4)11-26-9-15)21(31)29(3)16-10-27-30(12-16)13-22(23,24)25/h7-12H,5-6,13H2,1-4H3. The molecule has 0 N–H and O–H groups in total. The van der Waals surface area contributed by atoms with E-state index < -0.39 is 18.6 Å². The summed E-state index contributed by atoms with van der Waals surface area (Å²) in [6.45, 7) is 2.75. The van der Waals surface area contributed by atoms with Crippen LogP contribution in [0, 0.1) is 6.92 Å². The van der Waals surface area contributed by atoms with Gasteiger partial charge >= 0.3 is 6.18 Å². The van der Waals surface area contributed by atoms with E-state index in [1.165, 1.54) is 25.3 Å². The summed E-state index contributed by atoms with van der Waals surface area (Å²) in [7, 11) is 2.99. The predicted molar refractivity (Wildman–Crippen MR) is 116 cm³/mol. The summed E-state index contributed by atoms with van der Waals surface area (Å²) >= 11 is 0. The van der Waals surface area contributed by atoms with Crippen molar-refractivity contribution in [2.75, 3.05) is 25.7 Å². The minimum absolute atomic E-state index is 0.134. The molecule has 1 amide bonds. The summed E-state index contributed by atoms with van der Waals surface area (Å²) in [5.74, 6) is 0.209. The molecule has 176 valence electrons. The molecule has 3 aromatic heterocycles. The normalized spacial score (nSPS) is 11.4. The van der Waals surface area contributed by atoms with E-state index in [9.17, 15) is 18.0 Å². The number of rotatable bonds is 8. The van der Waals surface area contributed by atoms with Crippen molar-refractivity contribution in [3.8, 4) is 22.9 Å². The highest BCUT2D eigenvalue weighted by molar-refractivity contribution is 6.08. The summed E-state index contributed by atoms with van der Waals surface area (Å²) in [4.78, 5) is 23.2. The number of aromatic nitrogens is 4. The molecule has 3 aromatic rings. The molecular weight excluding hydrogens is 439 g/mol. The van der Waals surface area contributed by atoms with Crippen molar-refractivity contribution in [2.45, 2.75) is 33.0 Å². The molecule has 3 heterocycles. The number of pyridine rings is 2. The number of carbonyl (C=O) groups is 1. The van der Waals surface area contributed by atoms with Gasteiger partial charge in [0, 0.05) is 25.0 Å². The molecule has 0 bridgehead atoms. The molecule has 0 saturated heterocycles. The largest absolute Gasteiger partial charge is 0.495 e. The molecule has 11 heteroatoms. The smallest absolute Gasteiger partial charge is 0.408 e. The third kappa shape index (κ3) is 5.79. The van der Waals surface area contributed by atoms with Crippen molar-refractivity contribution in [3.05, 3.63) is 48.0 Å². The van der Waals surface area contributed by atoms with Gasteiger partial charge in [-0.25, -0.2) is 4.98 Å². The first kappa shape index (κ1) is 24.0. The van der Waals surface area contributed by atoms with Crippen molar-refractivity contribution < 1.29 is 27.4 Å². The van der Waals surface area contributed by atoms with Crippen LogP contribution >= 0.6 is 0 Å². The van der Waals surface area contributed by atoms with E-state index >= 15 is 0 Å². The summed E-state index contributed by atoms with van der Waals surface area (Å²) in [6.07, 6.45) is 1.83. The van der Waals surface area contributed by atoms with Crippen LogP contribution < -0.4 is 14.4 Å². The number of hydrogen-bond acceptors (Lipinski definition) is 6. The number of alkyl halides is 3. The minimum atomic E-state index is -4.42. The molecule has 0 atom stereocenters. The summed E-state index contributed by atoms with van der Waals surface area (Å²) in [6, 6.07) is 3.49. The Morgan fingerprint density at radius 2 is 1.97 bits per heavy atom. The van der Waals surface area contributed by atoms with E-state index in [4.69, 9.17) is 9.47 Å². The molecule has 0 aliphatic rings. The Kier molecular flexibility index (Phi) is 7.19. The van der Waals surface area contributed by atoms with Crippen molar-refractivity contribution in [1.29, 1.82) is 0 Å². The molecule has 8 nitrogen and oxygen atoms in total. The molecule has 0 aliphatic carbocycles. The van der Waals surface area contributed by atoms with E-state index in [0.717, 1.165) is 10.9 Å². The maximum absolute atomic E-state index is 13.3. The lowest BCUT2D eigenvalue weighted by atomic mass is 10.1. The van der Waals surface area contributed by atoms with Crippen LogP contribution in [0.3, 0.4) is 0 Å². The molecule has 0 aliphatic heterocycles. The van der Waals surface area contributed by atoms with Gasteiger partial charge in [-0.3, -0.25) is 14.5 Å². The van der Waals surface area contributed by atoms with Gasteiger partial charge in [0.15, 0.2) is 0 Å². The average molecular weight is 463 g/mol. The first-order valence-electron chi connectivity index (χ1n) is 10.1. The van der Waals surface area contributed by atoms with E-state index in [-0.39, 0.29) is 17.1 Å². The number of amides is 1. The SMILES string of the molecule is CCCOc1nc(-c2cncc(OC)c2)cc(C)c1C(=O)N(C)c1cnn(CC(F)(F)F)c1. The van der Waals surface area contributed by atoms with Crippen molar-refractivity contribution in [3.63, 3.8) is 0 Å². The third-order valence-corrected chi connectivity index (χ3v) is 4.74. The molecule has 0 radical (unpaired) electrons. The molecule has 0 spiro atoms. The monoisotopic (exact) mass is 463 g/mol. The van der Waals surface area contributed by atoms with Gasteiger partial charge in [0.2, 0.25) is 5.88 Å². The molecule has 0 fully saturated rings. The first-order chi connectivity index (χ1) is 15.6. The third-order valence-electron chi connectivity index (χ3n) is 4.74. The summed E-state index contributed by atoms with van der Waals surface area (Å²) in [5, 5.41) is 3.70. The number of nitrogens with zero attached hydrogens (tertiary/aromatic N) is 5. The van der Waals surface area contributed by atoms with Crippen LogP contribution in [-0.2, 0) is 6.54 Å². The van der Waals surface area contributed by atoms with E-state index in [0.29, 0.717) is 35.6 Å².